The Kier molecular flexibility index (Phi) is 5.81. The van der Waals surface area contributed by atoms with Gasteiger partial charge in [0.2, 0.25) is 0 Å². The molecule has 0 aliphatic heterocycles. The molecule has 0 aliphatic carbocycles. The van der Waals surface area contributed by atoms with Crippen LogP contribution in [0.5, 0.6) is 0 Å². The van der Waals surface area contributed by atoms with Crippen LogP contribution in [0.2, 0.25) is 0 Å². The molecule has 0 bridgehead atoms. The van der Waals surface area contributed by atoms with E-state index in [4.69, 9.17) is 5.11 Å². The van der Waals surface area contributed by atoms with Crippen LogP contribution in [0.3, 0.4) is 0 Å². The van der Waals surface area contributed by atoms with Crippen molar-refractivity contribution in [3.05, 3.63) is 35.9 Å². The van der Waals surface area contributed by atoms with Crippen LogP contribution in [0.15, 0.2) is 30.3 Å². The summed E-state index contributed by atoms with van der Waals surface area (Å²) in [5.41, 5.74) is -0.390. The van der Waals surface area contributed by atoms with E-state index in [1.165, 1.54) is 24.3 Å². The molecular weight excluding hydrogens is 280 g/mol. The molecule has 4 nitrogen and oxygen atoms in total. The number of hydrogen-bond acceptors (Lipinski definition) is 2. The molecule has 0 aromatic heterocycles. The lowest BCUT2D eigenvalue weighted by molar-refractivity contribution is -0.160. The molecule has 0 atom stereocenters. The third-order valence-corrected chi connectivity index (χ3v) is 2.87. The average molecular weight is 299 g/mol. The van der Waals surface area contributed by atoms with Crippen LogP contribution in [0.1, 0.15) is 25.8 Å². The minimum absolute atomic E-state index is 0.0330. The van der Waals surface area contributed by atoms with Crippen molar-refractivity contribution < 1.29 is 23.5 Å². The topological polar surface area (TPSA) is 57.6 Å². The zero-order valence-electron chi connectivity index (χ0n) is 12.1. The lowest BCUT2D eigenvalue weighted by Crippen LogP contribution is -2.44. The first-order chi connectivity index (χ1) is 9.75. The van der Waals surface area contributed by atoms with Crippen molar-refractivity contribution in [3.8, 4) is 0 Å². The number of carbonyl (C=O) groups excluding carboxylic acids is 1. The maximum absolute atomic E-state index is 14.2. The van der Waals surface area contributed by atoms with Crippen molar-refractivity contribution in [2.75, 3.05) is 13.1 Å². The minimum atomic E-state index is -3.66. The first-order valence-electron chi connectivity index (χ1n) is 6.69. The van der Waals surface area contributed by atoms with E-state index in [0.29, 0.717) is 0 Å². The van der Waals surface area contributed by atoms with E-state index in [1.807, 2.05) is 0 Å². The highest BCUT2D eigenvalue weighted by Crippen LogP contribution is 2.30. The Morgan fingerprint density at radius 2 is 1.81 bits per heavy atom. The summed E-state index contributed by atoms with van der Waals surface area (Å²) >= 11 is 0. The quantitative estimate of drug-likeness (QED) is 0.842. The second-order valence-electron chi connectivity index (χ2n) is 5.23. The van der Waals surface area contributed by atoms with Crippen LogP contribution in [0, 0.1) is 5.92 Å². The zero-order chi connectivity index (χ0) is 16.0. The SMILES string of the molecule is CC(C)CN(CCC(=O)O)C(=O)C(F)(F)c1ccccc1. The van der Waals surface area contributed by atoms with Crippen molar-refractivity contribution in [1.29, 1.82) is 0 Å². The predicted molar refractivity (Wildman–Crippen MR) is 74.0 cm³/mol. The molecule has 0 fully saturated rings. The summed E-state index contributed by atoms with van der Waals surface area (Å²) in [6.07, 6.45) is -0.358. The van der Waals surface area contributed by atoms with Crippen molar-refractivity contribution in [3.63, 3.8) is 0 Å². The summed E-state index contributed by atoms with van der Waals surface area (Å²) < 4.78 is 28.5. The van der Waals surface area contributed by atoms with Gasteiger partial charge in [0, 0.05) is 18.7 Å². The zero-order valence-corrected chi connectivity index (χ0v) is 12.1. The molecule has 0 radical (unpaired) electrons. The summed E-state index contributed by atoms with van der Waals surface area (Å²) in [6.45, 7) is 3.42. The number of nitrogens with zero attached hydrogens (tertiary/aromatic N) is 1. The summed E-state index contributed by atoms with van der Waals surface area (Å²) in [5, 5.41) is 8.67. The van der Waals surface area contributed by atoms with Gasteiger partial charge in [-0.25, -0.2) is 0 Å². The number of aliphatic carboxylic acids is 1. The largest absolute Gasteiger partial charge is 0.481 e. The number of carboxylic acid groups (broad SMARTS) is 1. The highest BCUT2D eigenvalue weighted by atomic mass is 19.3. The highest BCUT2D eigenvalue weighted by Gasteiger charge is 2.43. The first kappa shape index (κ1) is 17.1. The molecule has 21 heavy (non-hydrogen) atoms. The Morgan fingerprint density at radius 1 is 1.24 bits per heavy atom. The van der Waals surface area contributed by atoms with Crippen LogP contribution in [-0.2, 0) is 15.5 Å². The maximum Gasteiger partial charge on any atom is 0.349 e. The minimum Gasteiger partial charge on any atom is -0.481 e. The molecule has 1 N–H and O–H groups in total. The molecule has 0 saturated heterocycles. The molecule has 0 saturated carbocycles. The van der Waals surface area contributed by atoms with Gasteiger partial charge in [0.15, 0.2) is 0 Å². The van der Waals surface area contributed by atoms with Crippen LogP contribution in [-0.4, -0.2) is 35.0 Å². The third-order valence-electron chi connectivity index (χ3n) is 2.87. The highest BCUT2D eigenvalue weighted by molar-refractivity contribution is 5.85. The lowest BCUT2D eigenvalue weighted by Gasteiger charge is -2.28. The maximum atomic E-state index is 14.2. The van der Waals surface area contributed by atoms with Gasteiger partial charge < -0.3 is 10.0 Å². The van der Waals surface area contributed by atoms with E-state index in [1.54, 1.807) is 19.9 Å². The number of amides is 1. The first-order valence-corrected chi connectivity index (χ1v) is 6.69. The van der Waals surface area contributed by atoms with Gasteiger partial charge in [0.25, 0.3) is 5.91 Å². The van der Waals surface area contributed by atoms with Gasteiger partial charge in [-0.05, 0) is 5.92 Å². The Balaban J connectivity index is 2.94. The van der Waals surface area contributed by atoms with Gasteiger partial charge in [-0.15, -0.1) is 0 Å². The molecule has 1 aromatic rings. The van der Waals surface area contributed by atoms with E-state index < -0.39 is 17.8 Å². The molecule has 0 spiro atoms. The van der Waals surface area contributed by atoms with Crippen molar-refractivity contribution in [2.45, 2.75) is 26.2 Å². The van der Waals surface area contributed by atoms with Crippen molar-refractivity contribution in [2.24, 2.45) is 5.92 Å². The fraction of sp³-hybridized carbons (Fsp3) is 0.467. The number of hydrogen-bond donors (Lipinski definition) is 1. The van der Waals surface area contributed by atoms with Crippen LogP contribution in [0.25, 0.3) is 0 Å². The fourth-order valence-corrected chi connectivity index (χ4v) is 1.92. The predicted octanol–water partition coefficient (Wildman–Crippen LogP) is 2.74. The second-order valence-corrected chi connectivity index (χ2v) is 5.23. The third kappa shape index (κ3) is 4.81. The van der Waals surface area contributed by atoms with Gasteiger partial charge in [0.05, 0.1) is 6.42 Å². The second kappa shape index (κ2) is 7.15. The van der Waals surface area contributed by atoms with Crippen molar-refractivity contribution >= 4 is 11.9 Å². The average Bonchev–Trinajstić information content (AvgIpc) is 2.43. The van der Waals surface area contributed by atoms with Crippen LogP contribution < -0.4 is 0 Å². The Labute approximate surface area is 122 Å². The number of halogens is 2. The van der Waals surface area contributed by atoms with Gasteiger partial charge >= 0.3 is 11.9 Å². The van der Waals surface area contributed by atoms with Crippen LogP contribution >= 0.6 is 0 Å². The van der Waals surface area contributed by atoms with Gasteiger partial charge in [-0.3, -0.25) is 9.59 Å². The number of carbonyl (C=O) groups is 2. The van der Waals surface area contributed by atoms with E-state index in [9.17, 15) is 18.4 Å². The lowest BCUT2D eigenvalue weighted by atomic mass is 10.1. The Morgan fingerprint density at radius 3 is 2.29 bits per heavy atom. The molecule has 0 heterocycles. The monoisotopic (exact) mass is 299 g/mol. The normalized spacial score (nSPS) is 11.5. The molecule has 0 aliphatic rings. The van der Waals surface area contributed by atoms with Crippen molar-refractivity contribution in [1.82, 2.24) is 4.90 Å². The number of rotatable bonds is 7. The smallest absolute Gasteiger partial charge is 0.349 e. The standard InChI is InChI=1S/C15H19F2NO3/c1-11(2)10-18(9-8-13(19)20)14(21)15(16,17)12-6-4-3-5-7-12/h3-7,11H,8-10H2,1-2H3,(H,19,20). The molecule has 0 unspecified atom stereocenters. The van der Waals surface area contributed by atoms with Gasteiger partial charge in [-0.2, -0.15) is 8.78 Å². The molecule has 1 amide bonds. The van der Waals surface area contributed by atoms with E-state index >= 15 is 0 Å². The summed E-state index contributed by atoms with van der Waals surface area (Å²) in [4.78, 5) is 23.6. The molecule has 116 valence electrons. The fourth-order valence-electron chi connectivity index (χ4n) is 1.92. The summed E-state index contributed by atoms with van der Waals surface area (Å²) in [7, 11) is 0. The summed E-state index contributed by atoms with van der Waals surface area (Å²) in [5.74, 6) is -6.17. The number of carboxylic acids is 1. The van der Waals surface area contributed by atoms with Crippen LogP contribution in [0.4, 0.5) is 8.78 Å². The van der Waals surface area contributed by atoms with E-state index in [-0.39, 0.29) is 31.0 Å². The van der Waals surface area contributed by atoms with E-state index in [0.717, 1.165) is 4.90 Å². The molecule has 6 heteroatoms. The number of alkyl halides is 2. The Bertz CT molecular complexity index is 489. The molecular formula is C15H19F2NO3. The number of benzene rings is 1. The molecule has 1 aromatic carbocycles. The Hall–Kier alpha value is -1.98. The molecule has 1 rings (SSSR count). The summed E-state index contributed by atoms with van der Waals surface area (Å²) in [6, 6.07) is 6.81. The van der Waals surface area contributed by atoms with Gasteiger partial charge in [-0.1, -0.05) is 44.2 Å². The van der Waals surface area contributed by atoms with E-state index in [2.05, 4.69) is 0 Å². The van der Waals surface area contributed by atoms with Gasteiger partial charge in [0.1, 0.15) is 0 Å².